The molecule has 2 heterocycles. The SMILES string of the molecule is CN=C(NCCN1C(=O)CCCC1=O)NC1CCCN(c2ccc(C)cc2)C1. The van der Waals surface area contributed by atoms with Crippen molar-refractivity contribution in [2.24, 2.45) is 4.99 Å². The highest BCUT2D eigenvalue weighted by atomic mass is 16.2. The second kappa shape index (κ2) is 9.57. The topological polar surface area (TPSA) is 77.0 Å². The Balaban J connectivity index is 1.48. The van der Waals surface area contributed by atoms with Gasteiger partial charge in [-0.1, -0.05) is 17.7 Å². The van der Waals surface area contributed by atoms with Gasteiger partial charge in [0.2, 0.25) is 11.8 Å². The molecule has 1 aromatic rings. The summed E-state index contributed by atoms with van der Waals surface area (Å²) in [7, 11) is 1.74. The van der Waals surface area contributed by atoms with Crippen LogP contribution in [-0.4, -0.2) is 61.9 Å². The molecule has 7 heteroatoms. The van der Waals surface area contributed by atoms with E-state index < -0.39 is 0 Å². The van der Waals surface area contributed by atoms with Gasteiger partial charge in [-0.15, -0.1) is 0 Å². The van der Waals surface area contributed by atoms with E-state index in [9.17, 15) is 9.59 Å². The lowest BCUT2D eigenvalue weighted by atomic mass is 10.0. The first kappa shape index (κ1) is 20.2. The molecule has 1 atom stereocenters. The largest absolute Gasteiger partial charge is 0.369 e. The Hall–Kier alpha value is -2.57. The van der Waals surface area contributed by atoms with Crippen molar-refractivity contribution in [2.45, 2.75) is 45.1 Å². The molecule has 0 radical (unpaired) electrons. The minimum atomic E-state index is -0.0676. The minimum absolute atomic E-state index is 0.0676. The number of hydrogen-bond donors (Lipinski definition) is 2. The lowest BCUT2D eigenvalue weighted by Gasteiger charge is -2.35. The fourth-order valence-electron chi connectivity index (χ4n) is 3.81. The summed E-state index contributed by atoms with van der Waals surface area (Å²) in [6, 6.07) is 8.96. The summed E-state index contributed by atoms with van der Waals surface area (Å²) in [6.45, 7) is 4.98. The summed E-state index contributed by atoms with van der Waals surface area (Å²) in [4.78, 5) is 31.8. The predicted molar refractivity (Wildman–Crippen MR) is 111 cm³/mol. The van der Waals surface area contributed by atoms with E-state index in [0.717, 1.165) is 25.9 Å². The van der Waals surface area contributed by atoms with Gasteiger partial charge < -0.3 is 15.5 Å². The van der Waals surface area contributed by atoms with Crippen molar-refractivity contribution in [1.82, 2.24) is 15.5 Å². The van der Waals surface area contributed by atoms with Crippen LogP contribution in [0, 0.1) is 6.92 Å². The number of aryl methyl sites for hydroxylation is 1. The Morgan fingerprint density at radius 2 is 1.86 bits per heavy atom. The monoisotopic (exact) mass is 385 g/mol. The third-order valence-corrected chi connectivity index (χ3v) is 5.40. The van der Waals surface area contributed by atoms with Gasteiger partial charge in [0.05, 0.1) is 0 Å². The number of nitrogens with one attached hydrogen (secondary N) is 2. The van der Waals surface area contributed by atoms with E-state index in [-0.39, 0.29) is 11.8 Å². The van der Waals surface area contributed by atoms with Gasteiger partial charge in [-0.25, -0.2) is 0 Å². The van der Waals surface area contributed by atoms with Gasteiger partial charge in [-0.2, -0.15) is 0 Å². The third-order valence-electron chi connectivity index (χ3n) is 5.40. The van der Waals surface area contributed by atoms with E-state index >= 15 is 0 Å². The zero-order chi connectivity index (χ0) is 19.9. The summed E-state index contributed by atoms with van der Waals surface area (Å²) < 4.78 is 0. The van der Waals surface area contributed by atoms with Gasteiger partial charge >= 0.3 is 0 Å². The molecule has 0 aromatic heterocycles. The van der Waals surface area contributed by atoms with Crippen molar-refractivity contribution < 1.29 is 9.59 Å². The summed E-state index contributed by atoms with van der Waals surface area (Å²) in [5.74, 6) is 0.580. The number of anilines is 1. The fourth-order valence-corrected chi connectivity index (χ4v) is 3.81. The highest BCUT2D eigenvalue weighted by Crippen LogP contribution is 2.20. The van der Waals surface area contributed by atoms with E-state index in [1.807, 2.05) is 0 Å². The van der Waals surface area contributed by atoms with Gasteiger partial charge in [0.25, 0.3) is 0 Å². The average molecular weight is 386 g/mol. The number of amides is 2. The zero-order valence-corrected chi connectivity index (χ0v) is 16.9. The van der Waals surface area contributed by atoms with Gasteiger partial charge in [0, 0.05) is 57.8 Å². The highest BCUT2D eigenvalue weighted by Gasteiger charge is 2.25. The number of benzene rings is 1. The lowest BCUT2D eigenvalue weighted by Crippen LogP contribution is -2.52. The minimum Gasteiger partial charge on any atom is -0.369 e. The van der Waals surface area contributed by atoms with Crippen molar-refractivity contribution >= 4 is 23.5 Å². The molecule has 0 saturated carbocycles. The van der Waals surface area contributed by atoms with Gasteiger partial charge in [0.15, 0.2) is 5.96 Å². The number of imide groups is 1. The van der Waals surface area contributed by atoms with Crippen LogP contribution in [0.25, 0.3) is 0 Å². The molecule has 1 unspecified atom stereocenters. The quantitative estimate of drug-likeness (QED) is 0.458. The van der Waals surface area contributed by atoms with Gasteiger partial charge in [-0.3, -0.25) is 19.5 Å². The maximum atomic E-state index is 11.9. The Labute approximate surface area is 167 Å². The van der Waals surface area contributed by atoms with Crippen molar-refractivity contribution in [3.05, 3.63) is 29.8 Å². The molecule has 7 nitrogen and oxygen atoms in total. The molecular weight excluding hydrogens is 354 g/mol. The molecule has 1 aromatic carbocycles. The number of guanidine groups is 1. The molecule has 2 aliphatic heterocycles. The number of aliphatic imine (C=N–C) groups is 1. The number of hydrogen-bond acceptors (Lipinski definition) is 4. The van der Waals surface area contributed by atoms with Crippen LogP contribution >= 0.6 is 0 Å². The number of carbonyl (C=O) groups is 2. The van der Waals surface area contributed by atoms with E-state index in [4.69, 9.17) is 0 Å². The van der Waals surface area contributed by atoms with Crippen LogP contribution in [0.4, 0.5) is 5.69 Å². The van der Waals surface area contributed by atoms with Gasteiger partial charge in [0.1, 0.15) is 0 Å². The molecule has 2 N–H and O–H groups in total. The molecule has 152 valence electrons. The number of likely N-dealkylation sites (tertiary alicyclic amines) is 1. The first-order chi connectivity index (χ1) is 13.6. The van der Waals surface area contributed by atoms with Crippen LogP contribution < -0.4 is 15.5 Å². The Morgan fingerprint density at radius 3 is 2.54 bits per heavy atom. The van der Waals surface area contributed by atoms with E-state index in [1.165, 1.54) is 16.2 Å². The van der Waals surface area contributed by atoms with Crippen molar-refractivity contribution in [3.63, 3.8) is 0 Å². The van der Waals surface area contributed by atoms with E-state index in [1.54, 1.807) is 7.05 Å². The molecular formula is C21H31N5O2. The summed E-state index contributed by atoms with van der Waals surface area (Å²) in [6.07, 6.45) is 3.82. The Morgan fingerprint density at radius 1 is 1.14 bits per heavy atom. The van der Waals surface area contributed by atoms with Crippen LogP contribution in [0.2, 0.25) is 0 Å². The van der Waals surface area contributed by atoms with Crippen LogP contribution in [0.15, 0.2) is 29.3 Å². The molecule has 2 fully saturated rings. The third kappa shape index (κ3) is 5.24. The second-order valence-corrected chi connectivity index (χ2v) is 7.56. The maximum absolute atomic E-state index is 11.9. The summed E-state index contributed by atoms with van der Waals surface area (Å²) >= 11 is 0. The molecule has 2 aliphatic rings. The zero-order valence-electron chi connectivity index (χ0n) is 16.9. The molecule has 0 aliphatic carbocycles. The maximum Gasteiger partial charge on any atom is 0.229 e. The van der Waals surface area contributed by atoms with E-state index in [0.29, 0.717) is 44.4 Å². The van der Waals surface area contributed by atoms with Crippen LogP contribution in [0.3, 0.4) is 0 Å². The molecule has 28 heavy (non-hydrogen) atoms. The molecule has 0 bridgehead atoms. The van der Waals surface area contributed by atoms with Crippen molar-refractivity contribution in [2.75, 3.05) is 38.1 Å². The predicted octanol–water partition coefficient (Wildman–Crippen LogP) is 1.67. The highest BCUT2D eigenvalue weighted by molar-refractivity contribution is 5.97. The number of rotatable bonds is 5. The van der Waals surface area contributed by atoms with Crippen LogP contribution in [0.5, 0.6) is 0 Å². The Kier molecular flexibility index (Phi) is 6.90. The number of carbonyl (C=O) groups excluding carboxylic acids is 2. The standard InChI is InChI=1S/C21H31N5O2/c1-16-8-10-18(11-9-16)25-13-4-5-17(15-25)24-21(22-2)23-12-14-26-19(27)6-3-7-20(26)28/h8-11,17H,3-7,12-15H2,1-2H3,(H2,22,23,24). The van der Waals surface area contributed by atoms with Crippen LogP contribution in [0.1, 0.15) is 37.7 Å². The Bertz CT molecular complexity index is 700. The van der Waals surface area contributed by atoms with Crippen LogP contribution in [-0.2, 0) is 9.59 Å². The molecule has 3 rings (SSSR count). The first-order valence-electron chi connectivity index (χ1n) is 10.2. The fraction of sp³-hybridized carbons (Fsp3) is 0.571. The first-order valence-corrected chi connectivity index (χ1v) is 10.2. The second-order valence-electron chi connectivity index (χ2n) is 7.56. The van der Waals surface area contributed by atoms with Crippen molar-refractivity contribution in [3.8, 4) is 0 Å². The lowest BCUT2D eigenvalue weighted by molar-refractivity contribution is -0.147. The summed E-state index contributed by atoms with van der Waals surface area (Å²) in [5.41, 5.74) is 2.52. The molecule has 2 amide bonds. The van der Waals surface area contributed by atoms with E-state index in [2.05, 4.69) is 51.7 Å². The molecule has 2 saturated heterocycles. The number of nitrogens with zero attached hydrogens (tertiary/aromatic N) is 3. The number of piperidine rings is 2. The van der Waals surface area contributed by atoms with Crippen molar-refractivity contribution in [1.29, 1.82) is 0 Å². The normalized spacial score (nSPS) is 21.1. The average Bonchev–Trinajstić information content (AvgIpc) is 2.70. The summed E-state index contributed by atoms with van der Waals surface area (Å²) in [5, 5.41) is 6.73. The molecule has 0 spiro atoms. The van der Waals surface area contributed by atoms with Gasteiger partial charge in [-0.05, 0) is 38.3 Å². The smallest absolute Gasteiger partial charge is 0.229 e.